The molecule has 0 aliphatic carbocycles. The number of hydrogen-bond donors (Lipinski definition) is 0. The number of Topliss-reactive ketones (excluding diaryl/α,β-unsaturated/α-hetero) is 1. The van der Waals surface area contributed by atoms with Crippen LogP contribution in [0.15, 0.2) is 0 Å². The minimum absolute atomic E-state index is 0.0721. The Kier molecular flexibility index (Phi) is 7.82. The van der Waals surface area contributed by atoms with E-state index in [2.05, 4.69) is 15.9 Å². The molecule has 0 radical (unpaired) electrons. The van der Waals surface area contributed by atoms with Crippen molar-refractivity contribution >= 4 is 27.7 Å². The lowest BCUT2D eigenvalue weighted by molar-refractivity contribution is -0.521. The van der Waals surface area contributed by atoms with Gasteiger partial charge in [0.15, 0.2) is 0 Å². The number of ether oxygens (including phenoxy) is 1. The van der Waals surface area contributed by atoms with E-state index in [1.165, 1.54) is 0 Å². The van der Waals surface area contributed by atoms with Gasteiger partial charge in [-0.1, -0.05) is 36.7 Å². The Hall–Kier alpha value is -0.980. The van der Waals surface area contributed by atoms with Crippen LogP contribution in [0.1, 0.15) is 34.1 Å². The zero-order valence-electron chi connectivity index (χ0n) is 11.6. The summed E-state index contributed by atoms with van der Waals surface area (Å²) in [6, 6.07) is -1.53. The third-order valence-electron chi connectivity index (χ3n) is 2.88. The minimum Gasteiger partial charge on any atom is -0.461 e. The van der Waals surface area contributed by atoms with Crippen LogP contribution in [0.25, 0.3) is 0 Å². The van der Waals surface area contributed by atoms with E-state index >= 15 is 0 Å². The number of esters is 1. The van der Waals surface area contributed by atoms with Gasteiger partial charge >= 0.3 is 12.0 Å². The molecule has 3 atom stereocenters. The average molecular weight is 338 g/mol. The molecule has 0 aromatic carbocycles. The smallest absolute Gasteiger partial charge is 0.382 e. The van der Waals surface area contributed by atoms with Gasteiger partial charge in [-0.3, -0.25) is 14.9 Å². The van der Waals surface area contributed by atoms with E-state index in [1.54, 1.807) is 27.7 Å². The van der Waals surface area contributed by atoms with Gasteiger partial charge in [0.2, 0.25) is 0 Å². The zero-order chi connectivity index (χ0) is 15.2. The Morgan fingerprint density at radius 2 is 1.84 bits per heavy atom. The highest BCUT2D eigenvalue weighted by Gasteiger charge is 2.46. The molecule has 110 valence electrons. The van der Waals surface area contributed by atoms with Gasteiger partial charge in [-0.15, -0.1) is 0 Å². The lowest BCUT2D eigenvalue weighted by atomic mass is 9.84. The Balaban J connectivity index is 5.35. The van der Waals surface area contributed by atoms with Crippen LogP contribution in [0.4, 0.5) is 0 Å². The maximum Gasteiger partial charge on any atom is 0.382 e. The number of ketones is 1. The highest BCUT2D eigenvalue weighted by molar-refractivity contribution is 9.10. The second-order valence-electron chi connectivity index (χ2n) is 4.53. The second-order valence-corrected chi connectivity index (χ2v) is 5.51. The third kappa shape index (κ3) is 4.89. The predicted molar refractivity (Wildman–Crippen MR) is 73.8 cm³/mol. The fourth-order valence-corrected chi connectivity index (χ4v) is 3.11. The molecule has 19 heavy (non-hydrogen) atoms. The van der Waals surface area contributed by atoms with E-state index in [-0.39, 0.29) is 24.7 Å². The van der Waals surface area contributed by atoms with Gasteiger partial charge < -0.3 is 4.74 Å². The molecule has 0 N–H and O–H groups in total. The normalized spacial score (nSPS) is 15.7. The van der Waals surface area contributed by atoms with Crippen LogP contribution in [0.3, 0.4) is 0 Å². The summed E-state index contributed by atoms with van der Waals surface area (Å²) in [5.41, 5.74) is 0. The first-order valence-electron chi connectivity index (χ1n) is 6.24. The standard InChI is InChI=1S/C12H20BrNO5/c1-5-8(15)10(13)9(7(3)4)11(14(17)18)12(16)19-6-2/h7,9-11H,5-6H2,1-4H3. The fourth-order valence-electron chi connectivity index (χ4n) is 1.88. The summed E-state index contributed by atoms with van der Waals surface area (Å²) in [7, 11) is 0. The van der Waals surface area contributed by atoms with E-state index < -0.39 is 27.7 Å². The monoisotopic (exact) mass is 337 g/mol. The molecule has 6 nitrogen and oxygen atoms in total. The highest BCUT2D eigenvalue weighted by Crippen LogP contribution is 2.29. The van der Waals surface area contributed by atoms with Crippen molar-refractivity contribution in [3.8, 4) is 0 Å². The van der Waals surface area contributed by atoms with E-state index in [0.717, 1.165) is 0 Å². The Morgan fingerprint density at radius 3 is 2.16 bits per heavy atom. The van der Waals surface area contributed by atoms with Crippen LogP contribution in [-0.4, -0.2) is 34.2 Å². The second kappa shape index (κ2) is 8.24. The van der Waals surface area contributed by atoms with Gasteiger partial charge in [0.1, 0.15) is 5.78 Å². The summed E-state index contributed by atoms with van der Waals surface area (Å²) in [5, 5.41) is 11.1. The third-order valence-corrected chi connectivity index (χ3v) is 4.00. The molecule has 0 saturated carbocycles. The number of carbonyl (C=O) groups is 2. The molecule has 0 amide bonds. The Morgan fingerprint density at radius 1 is 1.32 bits per heavy atom. The SMILES string of the molecule is CCOC(=O)C(C(C(C)C)C(Br)C(=O)CC)[N+](=O)[O-]. The molecule has 0 heterocycles. The molecule has 0 fully saturated rings. The number of alkyl halides is 1. The Bertz CT molecular complexity index is 345. The molecule has 7 heteroatoms. The lowest BCUT2D eigenvalue weighted by Crippen LogP contribution is -2.46. The van der Waals surface area contributed by atoms with Crippen molar-refractivity contribution in [3.63, 3.8) is 0 Å². The van der Waals surface area contributed by atoms with Gasteiger partial charge in [0.05, 0.1) is 17.4 Å². The predicted octanol–water partition coefficient (Wildman–Crippen LogP) is 2.21. The maximum atomic E-state index is 11.7. The van der Waals surface area contributed by atoms with Crippen molar-refractivity contribution in [2.75, 3.05) is 6.61 Å². The van der Waals surface area contributed by atoms with Gasteiger partial charge in [-0.05, 0) is 12.8 Å². The molecule has 0 aromatic rings. The molecule has 0 rings (SSSR count). The van der Waals surface area contributed by atoms with Crippen molar-refractivity contribution in [2.45, 2.75) is 45.0 Å². The van der Waals surface area contributed by atoms with E-state index in [9.17, 15) is 19.7 Å². The summed E-state index contributed by atoms with van der Waals surface area (Å²) in [5.74, 6) is -1.99. The number of halogens is 1. The fraction of sp³-hybridized carbons (Fsp3) is 0.833. The molecular weight excluding hydrogens is 318 g/mol. The van der Waals surface area contributed by atoms with Crippen LogP contribution in [0, 0.1) is 22.0 Å². The number of nitro groups is 1. The largest absolute Gasteiger partial charge is 0.461 e. The highest BCUT2D eigenvalue weighted by atomic mass is 79.9. The maximum absolute atomic E-state index is 11.7. The summed E-state index contributed by atoms with van der Waals surface area (Å²) in [6.07, 6.45) is 0.256. The van der Waals surface area contributed by atoms with Crippen molar-refractivity contribution in [2.24, 2.45) is 11.8 Å². The average Bonchev–Trinajstić information content (AvgIpc) is 2.33. The summed E-state index contributed by atoms with van der Waals surface area (Å²) >= 11 is 3.20. The first-order valence-corrected chi connectivity index (χ1v) is 7.16. The van der Waals surface area contributed by atoms with Crippen molar-refractivity contribution in [1.82, 2.24) is 0 Å². The summed E-state index contributed by atoms with van der Waals surface area (Å²) in [6.45, 7) is 6.83. The van der Waals surface area contributed by atoms with E-state index in [1.807, 2.05) is 0 Å². The number of carbonyl (C=O) groups excluding carboxylic acids is 2. The molecule has 0 aliphatic heterocycles. The molecule has 0 aliphatic rings. The summed E-state index contributed by atoms with van der Waals surface area (Å²) in [4.78, 5) is 33.3. The van der Waals surface area contributed by atoms with E-state index in [4.69, 9.17) is 4.74 Å². The topological polar surface area (TPSA) is 86.5 Å². The van der Waals surface area contributed by atoms with Crippen LogP contribution < -0.4 is 0 Å². The van der Waals surface area contributed by atoms with Crippen LogP contribution in [0.5, 0.6) is 0 Å². The molecule has 3 unspecified atom stereocenters. The molecule has 0 aromatic heterocycles. The van der Waals surface area contributed by atoms with E-state index in [0.29, 0.717) is 0 Å². The molecule has 0 bridgehead atoms. The number of rotatable bonds is 8. The molecule has 0 spiro atoms. The Labute approximate surface area is 121 Å². The molecule has 0 saturated heterocycles. The lowest BCUT2D eigenvalue weighted by Gasteiger charge is -2.26. The van der Waals surface area contributed by atoms with Gasteiger partial charge in [-0.2, -0.15) is 0 Å². The van der Waals surface area contributed by atoms with Crippen LogP contribution in [-0.2, 0) is 14.3 Å². The van der Waals surface area contributed by atoms with Crippen LogP contribution in [0.2, 0.25) is 0 Å². The van der Waals surface area contributed by atoms with Gasteiger partial charge in [0, 0.05) is 11.3 Å². The quantitative estimate of drug-likeness (QED) is 0.293. The van der Waals surface area contributed by atoms with Gasteiger partial charge in [-0.25, -0.2) is 4.79 Å². The van der Waals surface area contributed by atoms with Crippen molar-refractivity contribution in [1.29, 1.82) is 0 Å². The number of nitrogens with zero attached hydrogens (tertiary/aromatic N) is 1. The number of hydrogen-bond acceptors (Lipinski definition) is 5. The van der Waals surface area contributed by atoms with Crippen molar-refractivity contribution in [3.05, 3.63) is 10.1 Å². The van der Waals surface area contributed by atoms with Gasteiger partial charge in [0.25, 0.3) is 0 Å². The first kappa shape index (κ1) is 18.0. The summed E-state index contributed by atoms with van der Waals surface area (Å²) < 4.78 is 4.75. The van der Waals surface area contributed by atoms with Crippen LogP contribution >= 0.6 is 15.9 Å². The molecular formula is C12H20BrNO5. The first-order chi connectivity index (χ1) is 8.77. The minimum atomic E-state index is -1.53. The van der Waals surface area contributed by atoms with Crippen molar-refractivity contribution < 1.29 is 19.2 Å². The zero-order valence-corrected chi connectivity index (χ0v) is 13.2.